The van der Waals surface area contributed by atoms with Gasteiger partial charge < -0.3 is 15.0 Å². The molecule has 0 unspecified atom stereocenters. The van der Waals surface area contributed by atoms with Crippen LogP contribution in [0.5, 0.6) is 0 Å². The van der Waals surface area contributed by atoms with Crippen molar-refractivity contribution in [3.63, 3.8) is 0 Å². The monoisotopic (exact) mass is 424 g/mol. The van der Waals surface area contributed by atoms with Crippen molar-refractivity contribution in [1.82, 2.24) is 19.5 Å². The molecule has 0 aliphatic carbocycles. The molecule has 29 heavy (non-hydrogen) atoms. The summed E-state index contributed by atoms with van der Waals surface area (Å²) in [6, 6.07) is 7.37. The molecule has 1 aliphatic rings. The number of carbonyl (C=O) groups is 1. The number of morpholine rings is 1. The minimum Gasteiger partial charge on any atom is -0.379 e. The first-order valence-corrected chi connectivity index (χ1v) is 10.7. The predicted molar refractivity (Wildman–Crippen MR) is 106 cm³/mol. The molecule has 1 aromatic carbocycles. The molecule has 1 aromatic heterocycles. The first-order valence-electron chi connectivity index (χ1n) is 9.25. The minimum atomic E-state index is -3.62. The second-order valence-electron chi connectivity index (χ2n) is 6.96. The van der Waals surface area contributed by atoms with Gasteiger partial charge in [-0.25, -0.2) is 17.1 Å². The number of sulfonamides is 1. The quantitative estimate of drug-likeness (QED) is 0.697. The van der Waals surface area contributed by atoms with Gasteiger partial charge in [0, 0.05) is 39.9 Å². The molecule has 3 rings (SSSR count). The summed E-state index contributed by atoms with van der Waals surface area (Å²) >= 11 is 0. The number of benzene rings is 1. The number of halogens is 1. The van der Waals surface area contributed by atoms with Crippen LogP contribution in [0.4, 0.5) is 4.39 Å². The van der Waals surface area contributed by atoms with Gasteiger partial charge in [-0.1, -0.05) is 12.1 Å². The number of aromatic amines is 1. The molecule has 1 aliphatic heterocycles. The van der Waals surface area contributed by atoms with Crippen LogP contribution in [0.3, 0.4) is 0 Å². The van der Waals surface area contributed by atoms with Crippen molar-refractivity contribution in [2.75, 3.05) is 46.9 Å². The first kappa shape index (κ1) is 21.4. The van der Waals surface area contributed by atoms with Gasteiger partial charge in [-0.05, 0) is 23.8 Å². The van der Waals surface area contributed by atoms with Crippen molar-refractivity contribution < 1.29 is 22.3 Å². The number of aromatic nitrogens is 1. The fourth-order valence-corrected chi connectivity index (χ4v) is 4.08. The Bertz CT molecular complexity index is 937. The topological polar surface area (TPSA) is 94.7 Å². The minimum absolute atomic E-state index is 0.0240. The van der Waals surface area contributed by atoms with Gasteiger partial charge in [0.25, 0.3) is 5.91 Å². The standard InChI is InChI=1S/C19H25FN4O4S/c1-23(2)29(26,27)16-11-17(21-12-16)19(25)22-13-18(24-7-9-28-10-8-24)14-3-5-15(20)6-4-14/h3-6,11-12,18,21H,7-10,13H2,1-2H3,(H,22,25)/t18-/m1/s1. The number of hydrogen-bond acceptors (Lipinski definition) is 5. The van der Waals surface area contributed by atoms with Crippen LogP contribution < -0.4 is 5.32 Å². The molecule has 1 atom stereocenters. The summed E-state index contributed by atoms with van der Waals surface area (Å²) in [5.41, 5.74) is 1.04. The van der Waals surface area contributed by atoms with E-state index in [1.165, 1.54) is 38.5 Å². The highest BCUT2D eigenvalue weighted by molar-refractivity contribution is 7.89. The average molecular weight is 424 g/mol. The van der Waals surface area contributed by atoms with Crippen molar-refractivity contribution in [3.05, 3.63) is 53.6 Å². The van der Waals surface area contributed by atoms with E-state index in [0.717, 1.165) is 9.87 Å². The van der Waals surface area contributed by atoms with Gasteiger partial charge in [0.1, 0.15) is 16.4 Å². The normalized spacial score (nSPS) is 16.7. The second kappa shape index (κ2) is 9.04. The van der Waals surface area contributed by atoms with Crippen molar-refractivity contribution in [1.29, 1.82) is 0 Å². The molecule has 1 amide bonds. The Kier molecular flexibility index (Phi) is 6.68. The van der Waals surface area contributed by atoms with Crippen LogP contribution >= 0.6 is 0 Å². The average Bonchev–Trinajstić information content (AvgIpc) is 3.21. The van der Waals surface area contributed by atoms with Crippen LogP contribution in [-0.4, -0.2) is 75.5 Å². The second-order valence-corrected chi connectivity index (χ2v) is 9.11. The smallest absolute Gasteiger partial charge is 0.267 e. The zero-order chi connectivity index (χ0) is 21.0. The van der Waals surface area contributed by atoms with Gasteiger partial charge in [0.15, 0.2) is 0 Å². The predicted octanol–water partition coefficient (Wildman–Crippen LogP) is 1.21. The first-order chi connectivity index (χ1) is 13.8. The van der Waals surface area contributed by atoms with E-state index in [0.29, 0.717) is 32.8 Å². The van der Waals surface area contributed by atoms with E-state index >= 15 is 0 Å². The highest BCUT2D eigenvalue weighted by Gasteiger charge is 2.25. The molecule has 0 bridgehead atoms. The molecule has 1 saturated heterocycles. The van der Waals surface area contributed by atoms with E-state index < -0.39 is 15.9 Å². The summed E-state index contributed by atoms with van der Waals surface area (Å²) in [4.78, 5) is 17.5. The summed E-state index contributed by atoms with van der Waals surface area (Å²) in [5, 5.41) is 2.85. The van der Waals surface area contributed by atoms with Crippen molar-refractivity contribution in [2.24, 2.45) is 0 Å². The molecule has 158 valence electrons. The molecular weight excluding hydrogens is 399 g/mol. The molecule has 2 heterocycles. The molecule has 0 radical (unpaired) electrons. The summed E-state index contributed by atoms with van der Waals surface area (Å²) in [5.74, 6) is -0.731. The zero-order valence-electron chi connectivity index (χ0n) is 16.4. The fourth-order valence-electron chi connectivity index (χ4n) is 3.18. The van der Waals surface area contributed by atoms with Crippen LogP contribution in [0.2, 0.25) is 0 Å². The van der Waals surface area contributed by atoms with E-state index in [4.69, 9.17) is 4.74 Å². The SMILES string of the molecule is CN(C)S(=O)(=O)c1c[nH]c(C(=O)NC[C@H](c2ccc(F)cc2)N2CCOCC2)c1. The summed E-state index contributed by atoms with van der Waals surface area (Å²) in [6.45, 7) is 2.87. The lowest BCUT2D eigenvalue weighted by Crippen LogP contribution is -2.43. The van der Waals surface area contributed by atoms with Gasteiger partial charge in [-0.2, -0.15) is 0 Å². The molecular formula is C19H25FN4O4S. The molecule has 2 N–H and O–H groups in total. The van der Waals surface area contributed by atoms with Crippen molar-refractivity contribution >= 4 is 15.9 Å². The van der Waals surface area contributed by atoms with E-state index in [2.05, 4.69) is 15.2 Å². The van der Waals surface area contributed by atoms with Crippen LogP contribution in [-0.2, 0) is 14.8 Å². The molecule has 0 spiro atoms. The molecule has 10 heteroatoms. The van der Waals surface area contributed by atoms with Crippen LogP contribution in [0, 0.1) is 5.82 Å². The number of carbonyl (C=O) groups excluding carboxylic acids is 1. The number of H-pyrrole nitrogens is 1. The third-order valence-corrected chi connectivity index (χ3v) is 6.67. The maximum Gasteiger partial charge on any atom is 0.267 e. The lowest BCUT2D eigenvalue weighted by molar-refractivity contribution is 0.0162. The van der Waals surface area contributed by atoms with Crippen LogP contribution in [0.25, 0.3) is 0 Å². The zero-order valence-corrected chi connectivity index (χ0v) is 17.2. The maximum atomic E-state index is 13.3. The summed E-state index contributed by atoms with van der Waals surface area (Å²) in [6.07, 6.45) is 1.30. The third-order valence-electron chi connectivity index (χ3n) is 4.88. The molecule has 8 nitrogen and oxygen atoms in total. The molecule has 1 fully saturated rings. The van der Waals surface area contributed by atoms with Gasteiger partial charge in [0.05, 0.1) is 19.3 Å². The van der Waals surface area contributed by atoms with E-state index in [1.807, 2.05) is 0 Å². The lowest BCUT2D eigenvalue weighted by Gasteiger charge is -2.34. The van der Waals surface area contributed by atoms with Gasteiger partial charge in [0.2, 0.25) is 10.0 Å². The Morgan fingerprint density at radius 1 is 1.28 bits per heavy atom. The summed E-state index contributed by atoms with van der Waals surface area (Å²) < 4.78 is 44.2. The number of nitrogens with zero attached hydrogens (tertiary/aromatic N) is 2. The number of hydrogen-bond donors (Lipinski definition) is 2. The molecule has 0 saturated carbocycles. The highest BCUT2D eigenvalue weighted by atomic mass is 32.2. The molecule has 2 aromatic rings. The summed E-state index contributed by atoms with van der Waals surface area (Å²) in [7, 11) is -0.764. The Labute approximate surface area is 169 Å². The van der Waals surface area contributed by atoms with Gasteiger partial charge >= 0.3 is 0 Å². The lowest BCUT2D eigenvalue weighted by atomic mass is 10.0. The van der Waals surface area contributed by atoms with Gasteiger partial charge in [-0.15, -0.1) is 0 Å². The van der Waals surface area contributed by atoms with E-state index in [1.54, 1.807) is 12.1 Å². The van der Waals surface area contributed by atoms with Crippen LogP contribution in [0.1, 0.15) is 22.1 Å². The van der Waals surface area contributed by atoms with Crippen molar-refractivity contribution in [2.45, 2.75) is 10.9 Å². The van der Waals surface area contributed by atoms with Gasteiger partial charge in [-0.3, -0.25) is 9.69 Å². The Hall–Kier alpha value is -2.27. The van der Waals surface area contributed by atoms with E-state index in [-0.39, 0.29) is 22.4 Å². The maximum absolute atomic E-state index is 13.3. The number of rotatable bonds is 7. The Balaban J connectivity index is 1.73. The number of amides is 1. The van der Waals surface area contributed by atoms with Crippen LogP contribution in [0.15, 0.2) is 41.4 Å². The number of ether oxygens (including phenoxy) is 1. The van der Waals surface area contributed by atoms with Crippen molar-refractivity contribution in [3.8, 4) is 0 Å². The third kappa shape index (κ3) is 5.02. The largest absolute Gasteiger partial charge is 0.379 e. The Morgan fingerprint density at radius 3 is 2.55 bits per heavy atom. The Morgan fingerprint density at radius 2 is 1.93 bits per heavy atom. The van der Waals surface area contributed by atoms with E-state index in [9.17, 15) is 17.6 Å². The number of nitrogens with one attached hydrogen (secondary N) is 2. The fraction of sp³-hybridized carbons (Fsp3) is 0.421. The highest BCUT2D eigenvalue weighted by Crippen LogP contribution is 2.22.